The molecular formula is C15H15ClF3NO2. The van der Waals surface area contributed by atoms with Crippen LogP contribution in [0.1, 0.15) is 44.1 Å². The molecule has 0 aliphatic carbocycles. The monoisotopic (exact) mass is 333 g/mol. The topological polar surface area (TPSA) is 50.1 Å². The molecule has 22 heavy (non-hydrogen) atoms. The van der Waals surface area contributed by atoms with Gasteiger partial charge in [0.1, 0.15) is 0 Å². The Hall–Kier alpha value is -1.74. The van der Waals surface area contributed by atoms with Crippen LogP contribution in [0.25, 0.3) is 0 Å². The van der Waals surface area contributed by atoms with Gasteiger partial charge in [-0.3, -0.25) is 4.79 Å². The van der Waals surface area contributed by atoms with Crippen molar-refractivity contribution in [3.63, 3.8) is 0 Å². The Balaban J connectivity index is 2.73. The van der Waals surface area contributed by atoms with Crippen molar-refractivity contribution in [2.24, 2.45) is 0 Å². The SMILES string of the molecule is CCCC(F)OC(=O)CCC(C#N)c1c(Cl)ccc(F)c1F. The summed E-state index contributed by atoms with van der Waals surface area (Å²) in [7, 11) is 0. The standard InChI is InChI=1S/C15H15ClF3NO2/c1-2-3-12(18)22-13(21)7-4-9(8-20)14-10(16)5-6-11(17)15(14)19/h5-6,9,12H,2-4,7H2,1H3. The van der Waals surface area contributed by atoms with Crippen LogP contribution in [-0.2, 0) is 9.53 Å². The summed E-state index contributed by atoms with van der Waals surface area (Å²) in [6.45, 7) is 1.74. The van der Waals surface area contributed by atoms with E-state index in [-0.39, 0.29) is 29.8 Å². The molecule has 0 bridgehead atoms. The lowest BCUT2D eigenvalue weighted by Crippen LogP contribution is -2.14. The van der Waals surface area contributed by atoms with Gasteiger partial charge in [0.2, 0.25) is 6.36 Å². The van der Waals surface area contributed by atoms with Gasteiger partial charge in [0.05, 0.1) is 12.0 Å². The number of nitrogens with zero attached hydrogens (tertiary/aromatic N) is 1. The molecule has 0 N–H and O–H groups in total. The third kappa shape index (κ3) is 4.92. The third-order valence-corrected chi connectivity index (χ3v) is 3.33. The number of nitriles is 1. The number of carbonyl (C=O) groups is 1. The van der Waals surface area contributed by atoms with Crippen LogP contribution >= 0.6 is 11.6 Å². The Kier molecular flexibility index (Phi) is 7.19. The molecule has 0 aliphatic rings. The Morgan fingerprint density at radius 1 is 1.41 bits per heavy atom. The maximum Gasteiger partial charge on any atom is 0.308 e. The molecule has 1 rings (SSSR count). The van der Waals surface area contributed by atoms with Gasteiger partial charge in [-0.25, -0.2) is 13.2 Å². The molecule has 2 unspecified atom stereocenters. The van der Waals surface area contributed by atoms with Crippen molar-refractivity contribution >= 4 is 17.6 Å². The van der Waals surface area contributed by atoms with Gasteiger partial charge >= 0.3 is 5.97 Å². The number of carbonyl (C=O) groups excluding carboxylic acids is 1. The van der Waals surface area contributed by atoms with Crippen molar-refractivity contribution < 1.29 is 22.7 Å². The lowest BCUT2D eigenvalue weighted by Gasteiger charge is -2.13. The van der Waals surface area contributed by atoms with Crippen molar-refractivity contribution in [1.82, 2.24) is 0 Å². The lowest BCUT2D eigenvalue weighted by atomic mass is 9.95. The van der Waals surface area contributed by atoms with Crippen LogP contribution in [0.5, 0.6) is 0 Å². The lowest BCUT2D eigenvalue weighted by molar-refractivity contribution is -0.158. The number of benzene rings is 1. The van der Waals surface area contributed by atoms with Crippen molar-refractivity contribution in [2.75, 3.05) is 0 Å². The number of rotatable bonds is 7. The van der Waals surface area contributed by atoms with E-state index in [2.05, 4.69) is 4.74 Å². The van der Waals surface area contributed by atoms with Gasteiger partial charge in [-0.05, 0) is 25.0 Å². The highest BCUT2D eigenvalue weighted by Crippen LogP contribution is 2.31. The number of hydrogen-bond donors (Lipinski definition) is 0. The average Bonchev–Trinajstić information content (AvgIpc) is 2.46. The van der Waals surface area contributed by atoms with Crippen molar-refractivity contribution in [3.8, 4) is 6.07 Å². The number of ether oxygens (including phenoxy) is 1. The molecule has 7 heteroatoms. The van der Waals surface area contributed by atoms with Crippen molar-refractivity contribution in [3.05, 3.63) is 34.4 Å². The van der Waals surface area contributed by atoms with Gasteiger partial charge in [0.25, 0.3) is 0 Å². The highest BCUT2D eigenvalue weighted by molar-refractivity contribution is 6.31. The molecule has 0 radical (unpaired) electrons. The summed E-state index contributed by atoms with van der Waals surface area (Å²) in [5.41, 5.74) is -0.303. The van der Waals surface area contributed by atoms with Crippen LogP contribution in [0, 0.1) is 23.0 Å². The molecule has 0 saturated heterocycles. The van der Waals surface area contributed by atoms with Gasteiger partial charge in [-0.2, -0.15) is 5.26 Å². The molecule has 3 nitrogen and oxygen atoms in total. The Morgan fingerprint density at radius 3 is 2.68 bits per heavy atom. The Labute approximate surface area is 131 Å². The van der Waals surface area contributed by atoms with Crippen molar-refractivity contribution in [1.29, 1.82) is 5.26 Å². The van der Waals surface area contributed by atoms with E-state index in [9.17, 15) is 18.0 Å². The highest BCUT2D eigenvalue weighted by atomic mass is 35.5. The van der Waals surface area contributed by atoms with Crippen LogP contribution in [0.4, 0.5) is 13.2 Å². The smallest absolute Gasteiger partial charge is 0.308 e. The molecule has 2 atom stereocenters. The molecule has 0 aromatic heterocycles. The summed E-state index contributed by atoms with van der Waals surface area (Å²) >= 11 is 5.78. The molecule has 120 valence electrons. The van der Waals surface area contributed by atoms with Gasteiger partial charge in [0, 0.05) is 23.4 Å². The second kappa shape index (κ2) is 8.64. The highest BCUT2D eigenvalue weighted by Gasteiger charge is 2.23. The van der Waals surface area contributed by atoms with E-state index in [1.165, 1.54) is 0 Å². The first-order valence-corrected chi connectivity index (χ1v) is 7.15. The van der Waals surface area contributed by atoms with E-state index in [1.807, 2.05) is 0 Å². The van der Waals surface area contributed by atoms with Crippen LogP contribution < -0.4 is 0 Å². The van der Waals surface area contributed by atoms with Gasteiger partial charge in [-0.15, -0.1) is 0 Å². The molecule has 1 aromatic carbocycles. The Bertz CT molecular complexity index is 575. The fraction of sp³-hybridized carbons (Fsp3) is 0.467. The zero-order valence-electron chi connectivity index (χ0n) is 11.9. The average molecular weight is 334 g/mol. The molecule has 0 heterocycles. The minimum Gasteiger partial charge on any atom is -0.431 e. The van der Waals surface area contributed by atoms with E-state index in [1.54, 1.807) is 13.0 Å². The zero-order valence-corrected chi connectivity index (χ0v) is 12.7. The first kappa shape index (κ1) is 18.3. The second-order valence-electron chi connectivity index (χ2n) is 4.67. The zero-order chi connectivity index (χ0) is 16.7. The summed E-state index contributed by atoms with van der Waals surface area (Å²) in [6, 6.07) is 3.75. The van der Waals surface area contributed by atoms with E-state index in [0.29, 0.717) is 6.42 Å². The predicted octanol–water partition coefficient (Wildman–Crippen LogP) is 4.64. The summed E-state index contributed by atoms with van der Waals surface area (Å²) < 4.78 is 44.6. The van der Waals surface area contributed by atoms with E-state index < -0.39 is 29.9 Å². The first-order valence-electron chi connectivity index (χ1n) is 6.77. The predicted molar refractivity (Wildman–Crippen MR) is 74.9 cm³/mol. The van der Waals surface area contributed by atoms with E-state index in [0.717, 1.165) is 12.1 Å². The number of hydrogen-bond acceptors (Lipinski definition) is 3. The number of esters is 1. The summed E-state index contributed by atoms with van der Waals surface area (Å²) in [4.78, 5) is 11.4. The molecule has 0 aliphatic heterocycles. The van der Waals surface area contributed by atoms with Gasteiger partial charge < -0.3 is 4.74 Å². The molecule has 0 saturated carbocycles. The van der Waals surface area contributed by atoms with E-state index >= 15 is 0 Å². The fourth-order valence-corrected chi connectivity index (χ4v) is 2.16. The minimum absolute atomic E-state index is 0.0811. The molecule has 0 fully saturated rings. The maximum absolute atomic E-state index is 13.7. The van der Waals surface area contributed by atoms with Crippen LogP contribution in [0.3, 0.4) is 0 Å². The summed E-state index contributed by atoms with van der Waals surface area (Å²) in [6.07, 6.45) is -1.55. The minimum atomic E-state index is -1.70. The largest absolute Gasteiger partial charge is 0.431 e. The fourth-order valence-electron chi connectivity index (χ4n) is 1.89. The maximum atomic E-state index is 13.7. The Morgan fingerprint density at radius 2 is 2.09 bits per heavy atom. The van der Waals surface area contributed by atoms with Crippen LogP contribution in [0.2, 0.25) is 5.02 Å². The van der Waals surface area contributed by atoms with Gasteiger partial charge in [0.15, 0.2) is 11.6 Å². The molecule has 0 amide bonds. The van der Waals surface area contributed by atoms with Crippen LogP contribution in [-0.4, -0.2) is 12.3 Å². The summed E-state index contributed by atoms with van der Waals surface area (Å²) in [5, 5.41) is 8.97. The normalized spacial score (nSPS) is 13.3. The van der Waals surface area contributed by atoms with Crippen LogP contribution in [0.15, 0.2) is 12.1 Å². The van der Waals surface area contributed by atoms with E-state index in [4.69, 9.17) is 16.9 Å². The summed E-state index contributed by atoms with van der Waals surface area (Å²) in [5.74, 6) is -4.31. The molecule has 1 aromatic rings. The first-order chi connectivity index (χ1) is 10.4. The number of halogens is 4. The van der Waals surface area contributed by atoms with Gasteiger partial charge in [-0.1, -0.05) is 18.5 Å². The number of alkyl halides is 1. The third-order valence-electron chi connectivity index (χ3n) is 3.00. The molecule has 0 spiro atoms. The second-order valence-corrected chi connectivity index (χ2v) is 5.07. The molecular weight excluding hydrogens is 319 g/mol. The quantitative estimate of drug-likeness (QED) is 0.539. The van der Waals surface area contributed by atoms with Crippen molar-refractivity contribution in [2.45, 2.75) is 44.9 Å².